The van der Waals surface area contributed by atoms with Crippen LogP contribution in [0.2, 0.25) is 0 Å². The highest BCUT2D eigenvalue weighted by atomic mass is 16.2. The van der Waals surface area contributed by atoms with Gasteiger partial charge in [0.15, 0.2) is 5.65 Å². The molecule has 0 fully saturated rings. The van der Waals surface area contributed by atoms with E-state index in [4.69, 9.17) is 0 Å². The van der Waals surface area contributed by atoms with E-state index in [-0.39, 0.29) is 5.69 Å². The second-order valence-corrected chi connectivity index (χ2v) is 4.50. The Balaban J connectivity index is 2.13. The van der Waals surface area contributed by atoms with Crippen LogP contribution < -0.4 is 5.69 Å². The zero-order valence-corrected chi connectivity index (χ0v) is 10.5. The van der Waals surface area contributed by atoms with Gasteiger partial charge in [-0.3, -0.25) is 0 Å². The Hall–Kier alpha value is -2.95. The molecule has 0 amide bonds. The topological polar surface area (TPSA) is 52.2 Å². The van der Waals surface area contributed by atoms with Gasteiger partial charge in [-0.05, 0) is 12.1 Å². The van der Waals surface area contributed by atoms with Crippen LogP contribution in [0.1, 0.15) is 0 Å². The molecular weight excluding hydrogens is 252 g/mol. The molecule has 0 saturated heterocycles. The summed E-state index contributed by atoms with van der Waals surface area (Å²) < 4.78 is 2.70. The van der Waals surface area contributed by atoms with Crippen molar-refractivity contribution >= 4 is 16.4 Å². The van der Waals surface area contributed by atoms with E-state index in [0.29, 0.717) is 5.65 Å². The average Bonchev–Trinajstić information content (AvgIpc) is 2.86. The summed E-state index contributed by atoms with van der Waals surface area (Å²) in [7, 11) is 0. The van der Waals surface area contributed by atoms with Crippen molar-refractivity contribution in [3.63, 3.8) is 0 Å². The van der Waals surface area contributed by atoms with E-state index in [1.54, 1.807) is 6.20 Å². The monoisotopic (exact) mass is 262 g/mol. The summed E-state index contributed by atoms with van der Waals surface area (Å²) in [6.45, 7) is 0. The maximum Gasteiger partial charge on any atom is 0.371 e. The quantitative estimate of drug-likeness (QED) is 0.527. The molecule has 0 aliphatic rings. The van der Waals surface area contributed by atoms with Crippen LogP contribution in [-0.2, 0) is 0 Å². The largest absolute Gasteiger partial charge is 0.371 e. The summed E-state index contributed by atoms with van der Waals surface area (Å²) in [6, 6.07) is 17.1. The fourth-order valence-corrected chi connectivity index (χ4v) is 2.30. The lowest BCUT2D eigenvalue weighted by atomic mass is 10.2. The minimum absolute atomic E-state index is 0.267. The maximum atomic E-state index is 12.4. The maximum absolute atomic E-state index is 12.4. The summed E-state index contributed by atoms with van der Waals surface area (Å²) in [5.41, 5.74) is 1.03. The van der Waals surface area contributed by atoms with Gasteiger partial charge in [0.05, 0.1) is 11.9 Å². The number of hydrogen-bond donors (Lipinski definition) is 0. The summed E-state index contributed by atoms with van der Waals surface area (Å²) in [4.78, 5) is 12.4. The van der Waals surface area contributed by atoms with Gasteiger partial charge in [-0.15, -0.1) is 5.10 Å². The van der Waals surface area contributed by atoms with E-state index >= 15 is 0 Å². The SMILES string of the molecule is O=c1n(-c2ccccc2)nc2c3ccccc3cnn12. The van der Waals surface area contributed by atoms with E-state index in [1.165, 1.54) is 9.20 Å². The van der Waals surface area contributed by atoms with Crippen LogP contribution in [0, 0.1) is 0 Å². The third kappa shape index (κ3) is 1.46. The highest BCUT2D eigenvalue weighted by Crippen LogP contribution is 2.16. The van der Waals surface area contributed by atoms with Crippen molar-refractivity contribution in [1.82, 2.24) is 19.4 Å². The molecule has 0 saturated carbocycles. The predicted octanol–water partition coefficient (Wildman–Crippen LogP) is 2.03. The molecule has 4 aromatic rings. The number of benzene rings is 2. The first-order valence-electron chi connectivity index (χ1n) is 6.26. The van der Waals surface area contributed by atoms with Crippen molar-refractivity contribution in [2.45, 2.75) is 0 Å². The molecule has 0 aliphatic heterocycles. The number of nitrogens with zero attached hydrogens (tertiary/aromatic N) is 4. The van der Waals surface area contributed by atoms with Gasteiger partial charge in [-0.25, -0.2) is 4.79 Å². The summed E-state index contributed by atoms with van der Waals surface area (Å²) in [6.07, 6.45) is 1.68. The molecule has 2 aromatic heterocycles. The fraction of sp³-hybridized carbons (Fsp3) is 0. The first-order chi connectivity index (χ1) is 9.84. The number of aromatic nitrogens is 4. The van der Waals surface area contributed by atoms with Crippen molar-refractivity contribution in [3.05, 3.63) is 71.3 Å². The van der Waals surface area contributed by atoms with Gasteiger partial charge in [0.1, 0.15) is 0 Å². The van der Waals surface area contributed by atoms with Crippen LogP contribution in [0.15, 0.2) is 65.6 Å². The zero-order valence-electron chi connectivity index (χ0n) is 10.5. The molecule has 96 valence electrons. The Morgan fingerprint density at radius 1 is 0.900 bits per heavy atom. The molecule has 0 radical (unpaired) electrons. The van der Waals surface area contributed by atoms with Crippen molar-refractivity contribution in [1.29, 1.82) is 0 Å². The highest BCUT2D eigenvalue weighted by Gasteiger charge is 2.11. The molecular formula is C15H10N4O. The number of para-hydroxylation sites is 1. The lowest BCUT2D eigenvalue weighted by Gasteiger charge is -1.96. The van der Waals surface area contributed by atoms with E-state index in [2.05, 4.69) is 10.2 Å². The summed E-state index contributed by atoms with van der Waals surface area (Å²) in [5, 5.41) is 10.5. The van der Waals surface area contributed by atoms with Gasteiger partial charge in [0.25, 0.3) is 0 Å². The van der Waals surface area contributed by atoms with Gasteiger partial charge >= 0.3 is 5.69 Å². The molecule has 5 nitrogen and oxygen atoms in total. The number of hydrogen-bond acceptors (Lipinski definition) is 3. The Kier molecular flexibility index (Phi) is 2.20. The summed E-state index contributed by atoms with van der Waals surface area (Å²) in [5.74, 6) is 0. The highest BCUT2D eigenvalue weighted by molar-refractivity contribution is 5.92. The molecule has 0 atom stereocenters. The Bertz CT molecular complexity index is 969. The molecule has 0 aliphatic carbocycles. The first kappa shape index (κ1) is 10.9. The van der Waals surface area contributed by atoms with Crippen molar-refractivity contribution in [2.75, 3.05) is 0 Å². The molecule has 0 spiro atoms. The van der Waals surface area contributed by atoms with Crippen LogP contribution in [0.5, 0.6) is 0 Å². The van der Waals surface area contributed by atoms with E-state index in [1.807, 2.05) is 54.6 Å². The third-order valence-electron chi connectivity index (χ3n) is 3.27. The van der Waals surface area contributed by atoms with Gasteiger partial charge in [-0.2, -0.15) is 14.3 Å². The average molecular weight is 262 g/mol. The van der Waals surface area contributed by atoms with E-state index in [9.17, 15) is 4.79 Å². The predicted molar refractivity (Wildman–Crippen MR) is 76.1 cm³/mol. The second kappa shape index (κ2) is 4.03. The van der Waals surface area contributed by atoms with E-state index in [0.717, 1.165) is 16.5 Å². The molecule has 5 heteroatoms. The molecule has 2 aromatic carbocycles. The minimum atomic E-state index is -0.267. The third-order valence-corrected chi connectivity index (χ3v) is 3.27. The van der Waals surface area contributed by atoms with Gasteiger partial charge in [0.2, 0.25) is 0 Å². The van der Waals surface area contributed by atoms with E-state index < -0.39 is 0 Å². The molecule has 4 rings (SSSR count). The Morgan fingerprint density at radius 3 is 2.50 bits per heavy atom. The zero-order chi connectivity index (χ0) is 13.5. The second-order valence-electron chi connectivity index (χ2n) is 4.50. The smallest absolute Gasteiger partial charge is 0.243 e. The van der Waals surface area contributed by atoms with Crippen LogP contribution in [0.3, 0.4) is 0 Å². The van der Waals surface area contributed by atoms with Gasteiger partial charge in [0, 0.05) is 10.8 Å². The first-order valence-corrected chi connectivity index (χ1v) is 6.26. The number of rotatable bonds is 1. The van der Waals surface area contributed by atoms with Crippen molar-refractivity contribution in [3.8, 4) is 5.69 Å². The van der Waals surface area contributed by atoms with Crippen LogP contribution in [0.25, 0.3) is 22.1 Å². The van der Waals surface area contributed by atoms with Crippen LogP contribution in [-0.4, -0.2) is 19.4 Å². The van der Waals surface area contributed by atoms with Crippen molar-refractivity contribution < 1.29 is 0 Å². The lowest BCUT2D eigenvalue weighted by molar-refractivity contribution is 0.804. The standard InChI is InChI=1S/C15H10N4O/c20-15-18(12-7-2-1-3-8-12)17-14-13-9-5-4-6-11(13)10-16-19(14)15/h1-10H. The van der Waals surface area contributed by atoms with Gasteiger partial charge in [-0.1, -0.05) is 42.5 Å². The van der Waals surface area contributed by atoms with Crippen LogP contribution in [0.4, 0.5) is 0 Å². The van der Waals surface area contributed by atoms with Crippen molar-refractivity contribution in [2.24, 2.45) is 0 Å². The Labute approximate surface area is 113 Å². The fourth-order valence-electron chi connectivity index (χ4n) is 2.30. The molecule has 0 N–H and O–H groups in total. The Morgan fingerprint density at radius 2 is 1.65 bits per heavy atom. The van der Waals surface area contributed by atoms with Crippen LogP contribution >= 0.6 is 0 Å². The normalized spacial score (nSPS) is 11.2. The number of fused-ring (bicyclic) bond motifs is 3. The van der Waals surface area contributed by atoms with Gasteiger partial charge < -0.3 is 0 Å². The molecule has 20 heavy (non-hydrogen) atoms. The minimum Gasteiger partial charge on any atom is -0.243 e. The molecule has 0 unspecified atom stereocenters. The lowest BCUT2D eigenvalue weighted by Crippen LogP contribution is -2.20. The molecule has 2 heterocycles. The summed E-state index contributed by atoms with van der Waals surface area (Å²) >= 11 is 0. The molecule has 0 bridgehead atoms.